The predicted octanol–water partition coefficient (Wildman–Crippen LogP) is 4.34. The molecule has 3 heterocycles. The van der Waals surface area contributed by atoms with Crippen molar-refractivity contribution in [3.05, 3.63) is 125 Å². The number of rotatable bonds is 6. The van der Waals surface area contributed by atoms with Gasteiger partial charge in [0.1, 0.15) is 29.2 Å². The first-order valence-electron chi connectivity index (χ1n) is 11.5. The van der Waals surface area contributed by atoms with E-state index >= 15 is 0 Å². The van der Waals surface area contributed by atoms with Crippen molar-refractivity contribution in [1.82, 2.24) is 15.0 Å². The van der Waals surface area contributed by atoms with E-state index in [0.29, 0.717) is 28.8 Å². The fraction of sp³-hybridized carbons (Fsp3) is 0.0714. The van der Waals surface area contributed by atoms with E-state index in [4.69, 9.17) is 15.9 Å². The Morgan fingerprint density at radius 1 is 1.07 bits per heavy atom. The molecule has 0 unspecified atom stereocenters. The number of carboxylic acids is 2. The molecule has 0 bridgehead atoms. The zero-order valence-electron chi connectivity index (χ0n) is 20.4. The summed E-state index contributed by atoms with van der Waals surface area (Å²) in [5, 5.41) is 15.6. The molecule has 0 aliphatic carbocycles. The summed E-state index contributed by atoms with van der Waals surface area (Å²) in [4.78, 5) is 35.7. The van der Waals surface area contributed by atoms with Crippen molar-refractivity contribution in [2.24, 2.45) is 10.7 Å². The monoisotopic (exact) mass is 559 g/mol. The lowest BCUT2D eigenvalue weighted by atomic mass is 9.91. The van der Waals surface area contributed by atoms with E-state index in [2.05, 4.69) is 19.9 Å². The molecule has 2 aromatic heterocycles. The van der Waals surface area contributed by atoms with E-state index < -0.39 is 35.4 Å². The molecule has 0 saturated heterocycles. The second-order valence-electron chi connectivity index (χ2n) is 8.36. The molecular weight excluding hydrogens is 539 g/mol. The highest BCUT2D eigenvalue weighted by atomic mass is 19.3. The molecule has 1 aliphatic rings. The SMILES string of the molecule is NC1=N[C@](c2ccnc(C(F)F)c2)([14c]2[14cH][14cH][14cH][14c](-c3cncnc3)[14cH]2)c2cccc(F)c21.O=C(O)/C=C/C(=O)O. The van der Waals surface area contributed by atoms with Crippen LogP contribution < -0.4 is 5.73 Å². The smallest absolute Gasteiger partial charge is 0.328 e. The second kappa shape index (κ2) is 11.6. The molecule has 0 radical (unpaired) electrons. The number of nitrogens with zero attached hydrogens (tertiary/aromatic N) is 4. The minimum absolute atomic E-state index is 0.00181. The van der Waals surface area contributed by atoms with Crippen molar-refractivity contribution >= 4 is 17.8 Å². The number of benzene rings is 2. The first-order valence-corrected chi connectivity index (χ1v) is 11.5. The number of carbonyl (C=O) groups is 2. The summed E-state index contributed by atoms with van der Waals surface area (Å²) in [6, 6.07) is 14.8. The molecular formula is C28H20F3N5O4. The molecule has 4 N–H and O–H groups in total. The minimum Gasteiger partial charge on any atom is -0.478 e. The third kappa shape index (κ3) is 5.55. The van der Waals surface area contributed by atoms with Gasteiger partial charge in [-0.15, -0.1) is 0 Å². The van der Waals surface area contributed by atoms with Crippen molar-refractivity contribution in [3.8, 4) is 11.1 Å². The highest BCUT2D eigenvalue weighted by Gasteiger charge is 2.44. The number of aromatic nitrogens is 3. The molecule has 1 aliphatic heterocycles. The summed E-state index contributed by atoms with van der Waals surface area (Å²) in [5.41, 5.74) is 7.71. The fourth-order valence-corrected chi connectivity index (χ4v) is 4.30. The van der Waals surface area contributed by atoms with E-state index in [1.165, 1.54) is 24.7 Å². The van der Waals surface area contributed by atoms with E-state index in [0.717, 1.165) is 11.1 Å². The molecule has 2 aromatic carbocycles. The van der Waals surface area contributed by atoms with Crippen LogP contribution >= 0.6 is 0 Å². The number of carboxylic acid groups (broad SMARTS) is 2. The molecule has 0 spiro atoms. The van der Waals surface area contributed by atoms with Crippen LogP contribution in [0.3, 0.4) is 0 Å². The lowest BCUT2D eigenvalue weighted by Gasteiger charge is -2.30. The summed E-state index contributed by atoms with van der Waals surface area (Å²) in [5.74, 6) is -3.04. The summed E-state index contributed by atoms with van der Waals surface area (Å²) in [6.07, 6.45) is 4.41. The number of nitrogens with two attached hydrogens (primary N) is 1. The van der Waals surface area contributed by atoms with Crippen molar-refractivity contribution in [1.29, 1.82) is 0 Å². The Hall–Kier alpha value is -5.39. The van der Waals surface area contributed by atoms with Crippen LogP contribution in [0.5, 0.6) is 0 Å². The largest absolute Gasteiger partial charge is 0.478 e. The Labute approximate surface area is 225 Å². The summed E-state index contributed by atoms with van der Waals surface area (Å²) >= 11 is 0. The van der Waals surface area contributed by atoms with Gasteiger partial charge in [0.25, 0.3) is 6.43 Å². The Bertz CT molecular complexity index is 1610. The maximum atomic E-state index is 14.8. The number of halogens is 3. The molecule has 4 aromatic rings. The molecule has 202 valence electrons. The van der Waals surface area contributed by atoms with Crippen molar-refractivity contribution in [2.45, 2.75) is 12.0 Å². The zero-order chi connectivity index (χ0) is 28.9. The molecule has 0 amide bonds. The summed E-state index contributed by atoms with van der Waals surface area (Å²) in [7, 11) is 0. The van der Waals surface area contributed by atoms with Crippen molar-refractivity contribution < 1.29 is 33.0 Å². The fourth-order valence-electron chi connectivity index (χ4n) is 4.30. The van der Waals surface area contributed by atoms with Gasteiger partial charge in [-0.25, -0.2) is 37.7 Å². The molecule has 12 heteroatoms. The topological polar surface area (TPSA) is 152 Å². The molecule has 5 rings (SSSR count). The first kappa shape index (κ1) is 27.6. The van der Waals surface area contributed by atoms with Crippen LogP contribution in [-0.2, 0) is 15.1 Å². The van der Waals surface area contributed by atoms with Crippen LogP contribution in [0.2, 0.25) is 0 Å². The van der Waals surface area contributed by atoms with Gasteiger partial charge in [0.2, 0.25) is 0 Å². The van der Waals surface area contributed by atoms with Crippen LogP contribution in [0.15, 0.2) is 96.7 Å². The van der Waals surface area contributed by atoms with Crippen LogP contribution in [0.4, 0.5) is 13.2 Å². The molecule has 1 atom stereocenters. The molecule has 0 fully saturated rings. The van der Waals surface area contributed by atoms with Gasteiger partial charge in [-0.05, 0) is 41.0 Å². The Balaban J connectivity index is 0.000000406. The van der Waals surface area contributed by atoms with Crippen LogP contribution in [0.25, 0.3) is 11.1 Å². The number of aliphatic imine (C=N–C) groups is 1. The number of alkyl halides is 2. The van der Waals surface area contributed by atoms with Gasteiger partial charge in [-0.1, -0.05) is 30.3 Å². The van der Waals surface area contributed by atoms with Crippen molar-refractivity contribution in [2.75, 3.05) is 0 Å². The highest BCUT2D eigenvalue weighted by molar-refractivity contribution is 6.03. The third-order valence-electron chi connectivity index (χ3n) is 5.91. The highest BCUT2D eigenvalue weighted by Crippen LogP contribution is 2.47. The number of amidine groups is 1. The lowest BCUT2D eigenvalue weighted by molar-refractivity contribution is -0.134. The predicted molar refractivity (Wildman–Crippen MR) is 138 cm³/mol. The van der Waals surface area contributed by atoms with Gasteiger partial charge in [0.05, 0.1) is 5.56 Å². The number of hydrogen-bond donors (Lipinski definition) is 3. The van der Waals surface area contributed by atoms with Gasteiger partial charge in [0, 0.05) is 41.9 Å². The van der Waals surface area contributed by atoms with Gasteiger partial charge >= 0.3 is 11.9 Å². The molecule has 0 saturated carbocycles. The molecule has 40 heavy (non-hydrogen) atoms. The van der Waals surface area contributed by atoms with E-state index in [9.17, 15) is 22.8 Å². The summed E-state index contributed by atoms with van der Waals surface area (Å²) in [6.45, 7) is 0. The lowest BCUT2D eigenvalue weighted by Crippen LogP contribution is -2.26. The normalized spacial score (nSPS) is 15.8. The maximum absolute atomic E-state index is 14.8. The van der Waals surface area contributed by atoms with Crippen molar-refractivity contribution in [3.63, 3.8) is 0 Å². The Kier molecular flexibility index (Phi) is 7.99. The number of aliphatic carboxylic acids is 2. The van der Waals surface area contributed by atoms with Crippen LogP contribution in [0, 0.1) is 5.82 Å². The van der Waals surface area contributed by atoms with E-state index in [-0.39, 0.29) is 11.4 Å². The van der Waals surface area contributed by atoms with Gasteiger partial charge in [-0.3, -0.25) is 4.98 Å². The molecule has 9 nitrogen and oxygen atoms in total. The van der Waals surface area contributed by atoms with Gasteiger partial charge in [0.15, 0.2) is 0 Å². The number of pyridine rings is 1. The Morgan fingerprint density at radius 3 is 2.42 bits per heavy atom. The third-order valence-corrected chi connectivity index (χ3v) is 5.91. The summed E-state index contributed by atoms with van der Waals surface area (Å²) < 4.78 is 41.7. The maximum Gasteiger partial charge on any atom is 0.328 e. The minimum atomic E-state index is -2.77. The van der Waals surface area contributed by atoms with Crippen LogP contribution in [-0.4, -0.2) is 42.9 Å². The Morgan fingerprint density at radius 2 is 1.77 bits per heavy atom. The van der Waals surface area contributed by atoms with E-state index in [1.54, 1.807) is 30.6 Å². The first-order chi connectivity index (χ1) is 19.1. The average Bonchev–Trinajstić information content (AvgIpc) is 3.27. The number of fused-ring (bicyclic) bond motifs is 1. The van der Waals surface area contributed by atoms with Gasteiger partial charge < -0.3 is 15.9 Å². The van der Waals surface area contributed by atoms with Crippen LogP contribution in [0.1, 0.15) is 34.4 Å². The quantitative estimate of drug-likeness (QED) is 0.295. The van der Waals surface area contributed by atoms with E-state index in [1.807, 2.05) is 24.3 Å². The average molecular weight is 559 g/mol. The zero-order valence-corrected chi connectivity index (χ0v) is 20.4. The second-order valence-corrected chi connectivity index (χ2v) is 8.36. The standard InChI is InChI=1S/C24H16F3N5.C4H4O4/c25-19-6-2-5-18-21(19)23(28)32-24(18,17-7-8-31-20(10-17)22(26)27)16-4-1-3-14(9-16)15-11-29-13-30-12-15;5-3(6)1-2-4(7)8/h1-13,22H,(H2,28,32);1-2H,(H,5,6)(H,7,8)/b;2-1+/t24-;/m0./s1/i1+2,3+2,4+2,9+2,14+2,16+2;. The van der Waals surface area contributed by atoms with Gasteiger partial charge in [-0.2, -0.15) is 0 Å². The number of hydrogen-bond acceptors (Lipinski definition) is 7.